The Bertz CT molecular complexity index is 1920. The molecule has 3 fully saturated rings. The number of piperazine rings is 1. The van der Waals surface area contributed by atoms with Crippen LogP contribution in [0.15, 0.2) is 52.1 Å². The van der Waals surface area contributed by atoms with Gasteiger partial charge < -0.3 is 19.6 Å². The maximum Gasteiger partial charge on any atom is 0.471 e. The molecule has 5 heterocycles. The molecular weight excluding hydrogens is 755 g/mol. The molecule has 2 saturated heterocycles. The fourth-order valence-electron chi connectivity index (χ4n) is 8.53. The summed E-state index contributed by atoms with van der Waals surface area (Å²) in [6.45, 7) is 9.31. The van der Waals surface area contributed by atoms with Crippen LogP contribution >= 0.6 is 35.0 Å². The summed E-state index contributed by atoms with van der Waals surface area (Å²) in [5.74, 6) is -3.32. The number of hydrogen-bond acceptors (Lipinski definition) is 7. The minimum Gasteiger partial charge on any atom is -0.334 e. The van der Waals surface area contributed by atoms with Gasteiger partial charge in [0.15, 0.2) is 5.17 Å². The van der Waals surface area contributed by atoms with Crippen LogP contribution in [0.2, 0.25) is 10.2 Å². The van der Waals surface area contributed by atoms with Crippen LogP contribution in [-0.2, 0) is 19.9 Å². The molecule has 9 nitrogen and oxygen atoms in total. The number of hydrogen-bond donors (Lipinski definition) is 0. The molecular formula is C37H40Cl2F4N6O3S. The van der Waals surface area contributed by atoms with Gasteiger partial charge in [0.25, 0.3) is 5.91 Å². The largest absolute Gasteiger partial charge is 0.471 e. The zero-order chi connectivity index (χ0) is 38.4. The highest BCUT2D eigenvalue weighted by atomic mass is 35.5. The van der Waals surface area contributed by atoms with Gasteiger partial charge in [-0.05, 0) is 87.4 Å². The van der Waals surface area contributed by atoms with E-state index in [4.69, 9.17) is 28.2 Å². The number of fused-ring (bicyclic) bond motifs is 1. The average Bonchev–Trinajstić information content (AvgIpc) is 3.46. The van der Waals surface area contributed by atoms with Gasteiger partial charge in [-0.1, -0.05) is 56.1 Å². The summed E-state index contributed by atoms with van der Waals surface area (Å²) in [5, 5.41) is 0.816. The van der Waals surface area contributed by atoms with Crippen molar-refractivity contribution >= 4 is 57.9 Å². The number of rotatable bonds is 6. The van der Waals surface area contributed by atoms with Gasteiger partial charge in [0.2, 0.25) is 5.91 Å². The number of likely N-dealkylation sites (tertiary alicyclic amines) is 1. The lowest BCUT2D eigenvalue weighted by molar-refractivity contribution is -0.193. The topological polar surface area (TPSA) is 89.4 Å². The number of aromatic nitrogens is 1. The number of thioether (sulfide) groups is 1. The van der Waals surface area contributed by atoms with E-state index < -0.39 is 47.1 Å². The van der Waals surface area contributed by atoms with Crippen LogP contribution in [0.4, 0.5) is 17.6 Å². The minimum atomic E-state index is -5.01. The van der Waals surface area contributed by atoms with Crippen LogP contribution in [0.5, 0.6) is 0 Å². The highest BCUT2D eigenvalue weighted by Gasteiger charge is 2.61. The first-order chi connectivity index (χ1) is 24.9. The van der Waals surface area contributed by atoms with E-state index in [0.717, 1.165) is 10.5 Å². The van der Waals surface area contributed by atoms with Crippen molar-refractivity contribution in [2.75, 3.05) is 13.1 Å². The van der Waals surface area contributed by atoms with Crippen molar-refractivity contribution in [3.63, 3.8) is 0 Å². The molecule has 5 aliphatic rings. The highest BCUT2D eigenvalue weighted by molar-refractivity contribution is 8.18. The molecule has 0 radical (unpaired) electrons. The molecule has 1 aromatic carbocycles. The number of amides is 3. The molecule has 16 heteroatoms. The van der Waals surface area contributed by atoms with Crippen LogP contribution in [0, 0.1) is 11.7 Å². The quantitative estimate of drug-likeness (QED) is 0.220. The van der Waals surface area contributed by atoms with Crippen molar-refractivity contribution in [1.29, 1.82) is 0 Å². The van der Waals surface area contributed by atoms with Gasteiger partial charge in [0.05, 0.1) is 16.6 Å². The van der Waals surface area contributed by atoms with E-state index in [2.05, 4.69) is 4.98 Å². The first kappa shape index (κ1) is 37.9. The number of aliphatic imine (C=N–C) groups is 1. The Hall–Kier alpha value is -3.36. The Morgan fingerprint density at radius 3 is 2.40 bits per heavy atom. The number of alkyl halides is 3. The monoisotopic (exact) mass is 794 g/mol. The fraction of sp³-hybridized carbons (Fsp3) is 0.541. The van der Waals surface area contributed by atoms with Gasteiger partial charge >= 0.3 is 12.1 Å². The number of carbonyl (C=O) groups is 3. The minimum absolute atomic E-state index is 0.00415. The first-order valence-electron chi connectivity index (χ1n) is 17.8. The lowest BCUT2D eigenvalue weighted by atomic mass is 9.81. The lowest BCUT2D eigenvalue weighted by Crippen LogP contribution is -2.66. The number of nitrogens with zero attached hydrogens (tertiary/aromatic N) is 6. The standard InChI is InChI=1S/C37H40Cl2F4N6O3S/c1-6-23-17-47(33(52)37(41,42)43)36(13-14-36)18-46(23)31(50)26-11-7-20(4)48(26)32(51)29-28(19(2)3)49-30(21-8-10-24(38)25(40)15-21)35(5,45-34(49)53-29)22-9-12-27(39)44-16-22/h8-10,12,15-16,19-20,23,26,30H,6-7,11,13-14,17-18H2,1-5H3/t20-,23-,26-,30-,35+/m1/s1. The van der Waals surface area contributed by atoms with E-state index in [1.165, 1.54) is 23.9 Å². The second kappa shape index (κ2) is 13.4. The summed E-state index contributed by atoms with van der Waals surface area (Å²) in [4.78, 5) is 57.8. The molecule has 0 unspecified atom stereocenters. The van der Waals surface area contributed by atoms with Gasteiger partial charge in [-0.15, -0.1) is 0 Å². The molecule has 1 saturated carbocycles. The Kier molecular flexibility index (Phi) is 9.62. The number of carbonyl (C=O) groups excluding carboxylic acids is 3. The van der Waals surface area contributed by atoms with Crippen LogP contribution < -0.4 is 0 Å². The van der Waals surface area contributed by atoms with Gasteiger partial charge in [0.1, 0.15) is 27.5 Å². The molecule has 284 valence electrons. The number of halogens is 6. The maximum atomic E-state index is 15.1. The number of benzene rings is 1. The van der Waals surface area contributed by atoms with Crippen LogP contribution in [0.25, 0.3) is 0 Å². The van der Waals surface area contributed by atoms with Crippen molar-refractivity contribution in [2.24, 2.45) is 10.9 Å². The zero-order valence-electron chi connectivity index (χ0n) is 29.9. The second-order valence-electron chi connectivity index (χ2n) is 15.1. The van der Waals surface area contributed by atoms with Gasteiger partial charge in [-0.2, -0.15) is 13.2 Å². The Balaban J connectivity index is 1.23. The van der Waals surface area contributed by atoms with Crippen LogP contribution in [0.1, 0.15) is 83.9 Å². The first-order valence-corrected chi connectivity index (χ1v) is 19.4. The summed E-state index contributed by atoms with van der Waals surface area (Å²) in [6.07, 6.45) is -1.31. The summed E-state index contributed by atoms with van der Waals surface area (Å²) < 4.78 is 55.8. The van der Waals surface area contributed by atoms with E-state index in [0.29, 0.717) is 58.6 Å². The van der Waals surface area contributed by atoms with Crippen molar-refractivity contribution in [2.45, 2.75) is 108 Å². The average molecular weight is 796 g/mol. The van der Waals surface area contributed by atoms with E-state index in [1.807, 2.05) is 38.7 Å². The molecule has 3 amide bonds. The summed E-state index contributed by atoms with van der Waals surface area (Å²) in [5.41, 5.74) is -0.0284. The van der Waals surface area contributed by atoms with Crippen LogP contribution in [0.3, 0.4) is 0 Å². The second-order valence-corrected chi connectivity index (χ2v) is 16.9. The van der Waals surface area contributed by atoms with Crippen LogP contribution in [-0.4, -0.2) is 90.4 Å². The van der Waals surface area contributed by atoms with Crippen molar-refractivity contribution in [1.82, 2.24) is 24.6 Å². The van der Waals surface area contributed by atoms with E-state index in [-0.39, 0.29) is 41.9 Å². The predicted molar refractivity (Wildman–Crippen MR) is 194 cm³/mol. The highest BCUT2D eigenvalue weighted by Crippen LogP contribution is 2.57. The van der Waals surface area contributed by atoms with Gasteiger partial charge in [-0.3, -0.25) is 14.4 Å². The molecule has 5 atom stereocenters. The number of allylic oxidation sites excluding steroid dienone is 1. The number of pyridine rings is 1. The summed E-state index contributed by atoms with van der Waals surface area (Å²) >= 11 is 13.5. The maximum absolute atomic E-state index is 15.1. The molecule has 1 aromatic heterocycles. The molecule has 0 N–H and O–H groups in total. The smallest absolute Gasteiger partial charge is 0.334 e. The fourth-order valence-corrected chi connectivity index (χ4v) is 10.1. The summed E-state index contributed by atoms with van der Waals surface area (Å²) in [7, 11) is 0. The van der Waals surface area contributed by atoms with Crippen molar-refractivity contribution < 1.29 is 31.9 Å². The van der Waals surface area contributed by atoms with E-state index >= 15 is 4.39 Å². The Labute approximate surface area is 319 Å². The normalized spacial score (nSPS) is 28.0. The molecule has 4 aliphatic heterocycles. The van der Waals surface area contributed by atoms with Gasteiger partial charge in [0, 0.05) is 42.6 Å². The third-order valence-electron chi connectivity index (χ3n) is 11.5. The Morgan fingerprint density at radius 1 is 1.09 bits per heavy atom. The van der Waals surface area contributed by atoms with E-state index in [9.17, 15) is 27.6 Å². The molecule has 1 spiro atoms. The SMILES string of the molecule is CC[C@@H]1CN(C(=O)C(F)(F)F)C2(CC2)CN1C(=O)[C@H]1CC[C@@H](C)N1C(=O)C1=C(C(C)C)N2C(=N[C@@](C)(c3ccc(Cl)nc3)[C@H]2c2ccc(Cl)c(F)c2)S1. The van der Waals surface area contributed by atoms with E-state index in [1.54, 1.807) is 35.1 Å². The molecule has 7 rings (SSSR count). The summed E-state index contributed by atoms with van der Waals surface area (Å²) in [6, 6.07) is 5.75. The Morgan fingerprint density at radius 2 is 1.81 bits per heavy atom. The molecule has 53 heavy (non-hydrogen) atoms. The third kappa shape index (κ3) is 6.30. The third-order valence-corrected chi connectivity index (χ3v) is 13.0. The van der Waals surface area contributed by atoms with Gasteiger partial charge in [-0.25, -0.2) is 14.4 Å². The zero-order valence-corrected chi connectivity index (χ0v) is 32.2. The van der Waals surface area contributed by atoms with Crippen molar-refractivity contribution in [3.05, 3.63) is 74.3 Å². The predicted octanol–water partition coefficient (Wildman–Crippen LogP) is 7.69. The molecule has 2 aromatic rings. The molecule has 0 bridgehead atoms. The van der Waals surface area contributed by atoms with Crippen molar-refractivity contribution in [3.8, 4) is 0 Å². The molecule has 1 aliphatic carbocycles. The number of amidine groups is 1. The lowest BCUT2D eigenvalue weighted by Gasteiger charge is -2.48.